The van der Waals surface area contributed by atoms with Gasteiger partial charge in [-0.2, -0.15) is 5.10 Å². The van der Waals surface area contributed by atoms with Gasteiger partial charge in [-0.25, -0.2) is 9.50 Å². The molecule has 1 saturated carbocycles. The molecule has 2 aromatic rings. The third-order valence-corrected chi connectivity index (χ3v) is 3.79. The Balaban J connectivity index is 1.84. The van der Waals surface area contributed by atoms with E-state index in [0.717, 1.165) is 18.9 Å². The van der Waals surface area contributed by atoms with Crippen LogP contribution < -0.4 is 4.90 Å². The highest BCUT2D eigenvalue weighted by Gasteiger charge is 2.27. The summed E-state index contributed by atoms with van der Waals surface area (Å²) in [6, 6.07) is 2.23. The molecule has 0 amide bonds. The zero-order valence-corrected chi connectivity index (χ0v) is 9.84. The molecule has 1 aliphatic carbocycles. The lowest BCUT2D eigenvalue weighted by Crippen LogP contribution is -2.19. The highest BCUT2D eigenvalue weighted by atomic mass is 15.3. The fourth-order valence-electron chi connectivity index (χ4n) is 2.68. The number of hydrogen-bond acceptors (Lipinski definition) is 3. The highest BCUT2D eigenvalue weighted by Crippen LogP contribution is 2.40. The van der Waals surface area contributed by atoms with Crippen LogP contribution in [0.3, 0.4) is 0 Å². The normalized spacial score (nSPS) is 20.4. The molecule has 1 saturated heterocycles. The maximum absolute atomic E-state index is 4.66. The van der Waals surface area contributed by atoms with E-state index < -0.39 is 0 Å². The van der Waals surface area contributed by atoms with E-state index >= 15 is 0 Å². The molecule has 0 N–H and O–H groups in total. The lowest BCUT2D eigenvalue weighted by atomic mass is 10.3. The van der Waals surface area contributed by atoms with Gasteiger partial charge in [0.15, 0.2) is 5.82 Å². The molecule has 3 heterocycles. The second kappa shape index (κ2) is 3.45. The van der Waals surface area contributed by atoms with Gasteiger partial charge >= 0.3 is 0 Å². The van der Waals surface area contributed by atoms with Gasteiger partial charge < -0.3 is 4.90 Å². The highest BCUT2D eigenvalue weighted by molar-refractivity contribution is 5.69. The summed E-state index contributed by atoms with van der Waals surface area (Å²) >= 11 is 0. The molecule has 0 radical (unpaired) electrons. The van der Waals surface area contributed by atoms with E-state index in [2.05, 4.69) is 21.0 Å². The van der Waals surface area contributed by atoms with Gasteiger partial charge in [0.2, 0.25) is 0 Å². The first-order valence-electron chi connectivity index (χ1n) is 6.51. The molecule has 0 unspecified atom stereocenters. The van der Waals surface area contributed by atoms with E-state index in [9.17, 15) is 0 Å². The summed E-state index contributed by atoms with van der Waals surface area (Å²) < 4.78 is 1.99. The molecule has 2 aromatic heterocycles. The topological polar surface area (TPSA) is 33.4 Å². The van der Waals surface area contributed by atoms with Gasteiger partial charge in [-0.15, -0.1) is 0 Å². The Hall–Kier alpha value is -1.58. The lowest BCUT2D eigenvalue weighted by Gasteiger charge is -2.16. The number of aromatic nitrogens is 3. The summed E-state index contributed by atoms with van der Waals surface area (Å²) in [5, 5.41) is 4.66. The molecule has 88 valence electrons. The first-order valence-corrected chi connectivity index (χ1v) is 6.51. The van der Waals surface area contributed by atoms with Gasteiger partial charge in [-0.3, -0.25) is 0 Å². The molecule has 2 fully saturated rings. The van der Waals surface area contributed by atoms with Crippen LogP contribution in [0, 0.1) is 0 Å². The second-order valence-corrected chi connectivity index (χ2v) is 5.12. The third-order valence-electron chi connectivity index (χ3n) is 3.79. The van der Waals surface area contributed by atoms with E-state index in [4.69, 9.17) is 0 Å². The minimum absolute atomic E-state index is 0.710. The quantitative estimate of drug-likeness (QED) is 0.790. The largest absolute Gasteiger partial charge is 0.355 e. The first kappa shape index (κ1) is 9.45. The van der Waals surface area contributed by atoms with Crippen LogP contribution in [-0.2, 0) is 0 Å². The average Bonchev–Trinajstić information content (AvgIpc) is 2.92. The summed E-state index contributed by atoms with van der Waals surface area (Å²) in [6.07, 6.45) is 9.00. The van der Waals surface area contributed by atoms with E-state index in [0.29, 0.717) is 5.92 Å². The van der Waals surface area contributed by atoms with Crippen LogP contribution in [-0.4, -0.2) is 27.7 Å². The summed E-state index contributed by atoms with van der Waals surface area (Å²) in [5.74, 6) is 1.82. The number of nitrogens with zero attached hydrogens (tertiary/aromatic N) is 4. The summed E-state index contributed by atoms with van der Waals surface area (Å²) in [6.45, 7) is 2.27. The van der Waals surface area contributed by atoms with E-state index in [1.54, 1.807) is 0 Å². The maximum atomic E-state index is 4.66. The zero-order chi connectivity index (χ0) is 11.2. The molecule has 0 aromatic carbocycles. The zero-order valence-electron chi connectivity index (χ0n) is 9.84. The van der Waals surface area contributed by atoms with Crippen LogP contribution in [0.4, 0.5) is 5.82 Å². The molecule has 0 bridgehead atoms. The molecule has 1 aliphatic heterocycles. The van der Waals surface area contributed by atoms with Crippen LogP contribution in [0.2, 0.25) is 0 Å². The monoisotopic (exact) mass is 228 g/mol. The average molecular weight is 228 g/mol. The van der Waals surface area contributed by atoms with Gasteiger partial charge in [0.05, 0.1) is 5.69 Å². The Morgan fingerprint density at radius 2 is 2.00 bits per heavy atom. The number of rotatable bonds is 2. The fraction of sp³-hybridized carbons (Fsp3) is 0.538. The van der Waals surface area contributed by atoms with Crippen molar-refractivity contribution in [1.29, 1.82) is 0 Å². The van der Waals surface area contributed by atoms with Gasteiger partial charge in [-0.1, -0.05) is 0 Å². The molecular formula is C13H16N4. The molecule has 17 heavy (non-hydrogen) atoms. The van der Waals surface area contributed by atoms with Crippen LogP contribution in [0.1, 0.15) is 37.3 Å². The predicted molar refractivity (Wildman–Crippen MR) is 66.4 cm³/mol. The smallest absolute Gasteiger partial charge is 0.154 e. The molecular weight excluding hydrogens is 212 g/mol. The fourth-order valence-corrected chi connectivity index (χ4v) is 2.68. The number of fused-ring (bicyclic) bond motifs is 1. The lowest BCUT2D eigenvalue weighted by molar-refractivity contribution is 0.869. The van der Waals surface area contributed by atoms with Crippen LogP contribution >= 0.6 is 0 Å². The molecule has 2 aliphatic rings. The first-order chi connectivity index (χ1) is 8.42. The van der Waals surface area contributed by atoms with Gasteiger partial charge in [0.25, 0.3) is 0 Å². The van der Waals surface area contributed by atoms with E-state index in [1.165, 1.54) is 36.9 Å². The van der Waals surface area contributed by atoms with Gasteiger partial charge in [0, 0.05) is 31.4 Å². The number of hydrogen-bond donors (Lipinski definition) is 0. The summed E-state index contributed by atoms with van der Waals surface area (Å²) in [7, 11) is 0. The van der Waals surface area contributed by atoms with Gasteiger partial charge in [-0.05, 0) is 31.7 Å². The summed E-state index contributed by atoms with van der Waals surface area (Å²) in [4.78, 5) is 6.93. The Bertz CT molecular complexity index is 550. The minimum Gasteiger partial charge on any atom is -0.355 e. The maximum Gasteiger partial charge on any atom is 0.154 e. The second-order valence-electron chi connectivity index (χ2n) is 5.12. The molecule has 0 spiro atoms. The van der Waals surface area contributed by atoms with E-state index in [1.807, 2.05) is 16.9 Å². The third kappa shape index (κ3) is 1.51. The van der Waals surface area contributed by atoms with E-state index in [-0.39, 0.29) is 0 Å². The van der Waals surface area contributed by atoms with Crippen molar-refractivity contribution in [2.75, 3.05) is 18.0 Å². The van der Waals surface area contributed by atoms with Crippen LogP contribution in [0.25, 0.3) is 5.52 Å². The number of anilines is 1. The summed E-state index contributed by atoms with van der Waals surface area (Å²) in [5.41, 5.74) is 2.43. The van der Waals surface area contributed by atoms with Crippen molar-refractivity contribution >= 4 is 11.3 Å². The Kier molecular flexibility index (Phi) is 1.92. The molecule has 0 atom stereocenters. The molecule has 4 rings (SSSR count). The van der Waals surface area contributed by atoms with Crippen LogP contribution in [0.5, 0.6) is 0 Å². The SMILES string of the molecule is c1cn2nc(C3CC3)cc2c(N2CCCC2)n1. The van der Waals surface area contributed by atoms with Crippen molar-refractivity contribution in [3.8, 4) is 0 Å². The van der Waals surface area contributed by atoms with Crippen molar-refractivity contribution in [1.82, 2.24) is 14.6 Å². The minimum atomic E-state index is 0.710. The van der Waals surface area contributed by atoms with Gasteiger partial charge in [0.1, 0.15) is 5.52 Å². The molecule has 4 nitrogen and oxygen atoms in total. The Morgan fingerprint density at radius 1 is 1.18 bits per heavy atom. The Morgan fingerprint density at radius 3 is 2.76 bits per heavy atom. The van der Waals surface area contributed by atoms with Crippen molar-refractivity contribution in [3.63, 3.8) is 0 Å². The standard InChI is InChI=1S/C13H16N4/c1-2-7-16(6-1)13-12-9-11(10-3-4-10)15-17(12)8-5-14-13/h5,8-10H,1-4,6-7H2. The molecule has 4 heteroatoms. The predicted octanol–water partition coefficient (Wildman–Crippen LogP) is 2.21. The van der Waals surface area contributed by atoms with Crippen molar-refractivity contribution in [2.45, 2.75) is 31.6 Å². The Labute approximate surface area is 100 Å². The van der Waals surface area contributed by atoms with Crippen LogP contribution in [0.15, 0.2) is 18.5 Å². The van der Waals surface area contributed by atoms with Crippen molar-refractivity contribution in [3.05, 3.63) is 24.2 Å². The van der Waals surface area contributed by atoms with Crippen molar-refractivity contribution < 1.29 is 0 Å². The van der Waals surface area contributed by atoms with Crippen molar-refractivity contribution in [2.24, 2.45) is 0 Å².